The fourth-order valence-corrected chi connectivity index (χ4v) is 2.61. The van der Waals surface area contributed by atoms with E-state index in [2.05, 4.69) is 9.98 Å². The molecule has 0 aliphatic heterocycles. The Labute approximate surface area is 160 Å². The third-order valence-corrected chi connectivity index (χ3v) is 3.93. The lowest BCUT2D eigenvalue weighted by Gasteiger charge is -2.12. The lowest BCUT2D eigenvalue weighted by Crippen LogP contribution is -1.95. The first-order valence-electron chi connectivity index (χ1n) is 7.85. The van der Waals surface area contributed by atoms with Crippen LogP contribution in [0.15, 0.2) is 45.8 Å². The van der Waals surface area contributed by atoms with Crippen LogP contribution in [0.1, 0.15) is 5.69 Å². The minimum absolute atomic E-state index is 0.179. The Morgan fingerprint density at radius 3 is 2.37 bits per heavy atom. The molecule has 27 heavy (non-hydrogen) atoms. The number of hydrogen-bond donors (Lipinski definition) is 1. The van der Waals surface area contributed by atoms with E-state index in [1.165, 1.54) is 27.5 Å². The van der Waals surface area contributed by atoms with Crippen molar-refractivity contribution >= 4 is 23.5 Å². The van der Waals surface area contributed by atoms with E-state index in [4.69, 9.17) is 30.2 Å². The zero-order valence-corrected chi connectivity index (χ0v) is 15.6. The van der Waals surface area contributed by atoms with Crippen molar-refractivity contribution in [1.29, 1.82) is 0 Å². The van der Waals surface area contributed by atoms with Gasteiger partial charge in [-0.3, -0.25) is 4.99 Å². The maximum atomic E-state index is 10.0. The molecule has 0 unspecified atom stereocenters. The predicted octanol–water partition coefficient (Wildman–Crippen LogP) is 4.48. The summed E-state index contributed by atoms with van der Waals surface area (Å²) in [7, 11) is 4.54. The molecule has 7 nitrogen and oxygen atoms in total. The SMILES string of the molecule is COc1cc(-c2nc(C=Nc3cccc(Cl)c3)c(O)o2)cc(OC)c1OC. The van der Waals surface area contributed by atoms with Crippen LogP contribution < -0.4 is 14.2 Å². The number of methoxy groups -OCH3 is 3. The van der Waals surface area contributed by atoms with Crippen LogP contribution in [0.3, 0.4) is 0 Å². The highest BCUT2D eigenvalue weighted by Crippen LogP contribution is 2.41. The van der Waals surface area contributed by atoms with Crippen LogP contribution >= 0.6 is 11.6 Å². The van der Waals surface area contributed by atoms with Crippen molar-refractivity contribution in [1.82, 2.24) is 4.98 Å². The maximum absolute atomic E-state index is 10.0. The highest BCUT2D eigenvalue weighted by atomic mass is 35.5. The predicted molar refractivity (Wildman–Crippen MR) is 102 cm³/mol. The van der Waals surface area contributed by atoms with Crippen molar-refractivity contribution in [3.05, 3.63) is 47.1 Å². The smallest absolute Gasteiger partial charge is 0.312 e. The largest absolute Gasteiger partial charge is 0.493 e. The first-order valence-corrected chi connectivity index (χ1v) is 8.23. The van der Waals surface area contributed by atoms with Gasteiger partial charge in [0, 0.05) is 10.6 Å². The summed E-state index contributed by atoms with van der Waals surface area (Å²) in [5.41, 5.74) is 1.35. The van der Waals surface area contributed by atoms with Gasteiger partial charge in [-0.1, -0.05) is 17.7 Å². The first-order chi connectivity index (χ1) is 13.0. The number of halogens is 1. The molecule has 1 heterocycles. The Morgan fingerprint density at radius 2 is 1.78 bits per heavy atom. The summed E-state index contributed by atoms with van der Waals surface area (Å²) in [6, 6.07) is 10.3. The van der Waals surface area contributed by atoms with Crippen molar-refractivity contribution in [2.24, 2.45) is 4.99 Å². The molecule has 0 spiro atoms. The second-order valence-corrected chi connectivity index (χ2v) is 5.80. The summed E-state index contributed by atoms with van der Waals surface area (Å²) in [5, 5.41) is 10.6. The van der Waals surface area contributed by atoms with E-state index >= 15 is 0 Å². The van der Waals surface area contributed by atoms with Crippen LogP contribution in [0, 0.1) is 0 Å². The third kappa shape index (κ3) is 3.98. The molecular formula is C19H17ClN2O5. The van der Waals surface area contributed by atoms with E-state index in [1.807, 2.05) is 0 Å². The lowest BCUT2D eigenvalue weighted by atomic mass is 10.2. The number of benzene rings is 2. The Morgan fingerprint density at radius 1 is 1.07 bits per heavy atom. The van der Waals surface area contributed by atoms with Crippen molar-refractivity contribution in [2.75, 3.05) is 21.3 Å². The van der Waals surface area contributed by atoms with Gasteiger partial charge >= 0.3 is 5.95 Å². The summed E-state index contributed by atoms with van der Waals surface area (Å²) in [6.07, 6.45) is 1.39. The van der Waals surface area contributed by atoms with Crippen LogP contribution in [-0.4, -0.2) is 37.6 Å². The molecule has 0 saturated carbocycles. The molecule has 0 aliphatic carbocycles. The number of nitrogens with zero attached hydrogens (tertiary/aromatic N) is 2. The number of ether oxygens (including phenoxy) is 3. The fraction of sp³-hybridized carbons (Fsp3) is 0.158. The zero-order chi connectivity index (χ0) is 19.4. The van der Waals surface area contributed by atoms with E-state index < -0.39 is 0 Å². The molecule has 0 fully saturated rings. The number of aromatic nitrogens is 1. The van der Waals surface area contributed by atoms with Crippen molar-refractivity contribution in [3.63, 3.8) is 0 Å². The first kappa shape index (κ1) is 18.6. The van der Waals surface area contributed by atoms with Gasteiger partial charge in [-0.25, -0.2) is 4.98 Å². The van der Waals surface area contributed by atoms with E-state index in [0.29, 0.717) is 33.5 Å². The molecule has 0 bridgehead atoms. The van der Waals surface area contributed by atoms with Crippen LogP contribution in [0.2, 0.25) is 5.02 Å². The van der Waals surface area contributed by atoms with E-state index in [1.54, 1.807) is 36.4 Å². The fourth-order valence-electron chi connectivity index (χ4n) is 2.43. The normalized spacial score (nSPS) is 11.0. The molecule has 2 aromatic carbocycles. The number of rotatable bonds is 6. The third-order valence-electron chi connectivity index (χ3n) is 3.69. The van der Waals surface area contributed by atoms with Gasteiger partial charge in [0.2, 0.25) is 11.6 Å². The molecular weight excluding hydrogens is 372 g/mol. The summed E-state index contributed by atoms with van der Waals surface area (Å²) in [6.45, 7) is 0. The molecule has 1 aromatic heterocycles. The topological polar surface area (TPSA) is 86.3 Å². The van der Waals surface area contributed by atoms with Gasteiger partial charge in [0.15, 0.2) is 17.2 Å². The van der Waals surface area contributed by atoms with E-state index in [9.17, 15) is 5.11 Å². The Balaban J connectivity index is 1.96. The number of hydrogen-bond acceptors (Lipinski definition) is 7. The molecule has 0 aliphatic rings. The monoisotopic (exact) mass is 388 g/mol. The minimum Gasteiger partial charge on any atom is -0.493 e. The molecule has 140 valence electrons. The van der Waals surface area contributed by atoms with Gasteiger partial charge in [-0.05, 0) is 30.3 Å². The van der Waals surface area contributed by atoms with Crippen LogP contribution in [0.25, 0.3) is 11.5 Å². The number of oxazole rings is 1. The molecule has 0 atom stereocenters. The molecule has 3 aromatic rings. The van der Waals surface area contributed by atoms with Gasteiger partial charge in [0.1, 0.15) is 0 Å². The number of aromatic hydroxyl groups is 1. The Kier molecular flexibility index (Phi) is 5.52. The highest BCUT2D eigenvalue weighted by Gasteiger charge is 2.18. The van der Waals surface area contributed by atoms with Crippen molar-refractivity contribution < 1.29 is 23.7 Å². The molecule has 0 saturated heterocycles. The number of aliphatic imine (C=N–C) groups is 1. The Bertz CT molecular complexity index is 959. The zero-order valence-electron chi connectivity index (χ0n) is 14.9. The average Bonchev–Trinajstić information content (AvgIpc) is 3.05. The molecule has 8 heteroatoms. The van der Waals surface area contributed by atoms with Crippen LogP contribution in [0.5, 0.6) is 23.2 Å². The highest BCUT2D eigenvalue weighted by molar-refractivity contribution is 6.30. The second-order valence-electron chi connectivity index (χ2n) is 5.36. The molecule has 3 rings (SSSR count). The summed E-state index contributed by atoms with van der Waals surface area (Å²) < 4.78 is 21.3. The van der Waals surface area contributed by atoms with E-state index in [-0.39, 0.29) is 17.5 Å². The van der Waals surface area contributed by atoms with Gasteiger partial charge in [-0.2, -0.15) is 0 Å². The average molecular weight is 389 g/mol. The summed E-state index contributed by atoms with van der Waals surface area (Å²) in [5.74, 6) is 1.16. The van der Waals surface area contributed by atoms with Crippen LogP contribution in [0.4, 0.5) is 5.69 Å². The molecule has 0 amide bonds. The van der Waals surface area contributed by atoms with Gasteiger partial charge < -0.3 is 23.7 Å². The maximum Gasteiger partial charge on any atom is 0.312 e. The van der Waals surface area contributed by atoms with E-state index in [0.717, 1.165) is 0 Å². The van der Waals surface area contributed by atoms with Gasteiger partial charge in [-0.15, -0.1) is 0 Å². The second kappa shape index (κ2) is 8.01. The lowest BCUT2D eigenvalue weighted by molar-refractivity contribution is 0.323. The minimum atomic E-state index is -0.357. The van der Waals surface area contributed by atoms with Crippen molar-refractivity contribution in [2.45, 2.75) is 0 Å². The van der Waals surface area contributed by atoms with Crippen molar-refractivity contribution in [3.8, 4) is 34.6 Å². The summed E-state index contributed by atoms with van der Waals surface area (Å²) >= 11 is 5.93. The van der Waals surface area contributed by atoms with Crippen LogP contribution in [-0.2, 0) is 0 Å². The molecule has 0 radical (unpaired) electrons. The summed E-state index contributed by atoms with van der Waals surface area (Å²) in [4.78, 5) is 8.51. The quantitative estimate of drug-likeness (QED) is 0.626. The van der Waals surface area contributed by atoms with Gasteiger partial charge in [0.25, 0.3) is 0 Å². The van der Waals surface area contributed by atoms with Gasteiger partial charge in [0.05, 0.1) is 33.2 Å². The standard InChI is InChI=1S/C19H17ClN2O5/c1-24-15-7-11(8-16(25-2)17(15)26-3)18-22-14(19(23)27-18)10-21-13-6-4-5-12(20)9-13/h4-10,23H,1-3H3. The molecule has 1 N–H and O–H groups in total. The Hall–Kier alpha value is -3.19.